The number of carboxylic acid groups (broad SMARTS) is 1. The number of benzene rings is 1. The molecule has 0 heterocycles. The molecule has 2 fully saturated rings. The number of halogens is 2. The number of rotatable bonds is 3. The molecule has 6 heteroatoms. The first-order valence-electron chi connectivity index (χ1n) is 6.49. The zero-order valence-electron chi connectivity index (χ0n) is 10.5. The van der Waals surface area contributed by atoms with E-state index in [9.17, 15) is 14.7 Å². The van der Waals surface area contributed by atoms with Gasteiger partial charge in [0.1, 0.15) is 0 Å². The highest BCUT2D eigenvalue weighted by Crippen LogP contribution is 2.54. The first-order chi connectivity index (χ1) is 9.45. The van der Waals surface area contributed by atoms with Crippen molar-refractivity contribution in [1.82, 2.24) is 0 Å². The number of hydrogen-bond acceptors (Lipinski definition) is 2. The van der Waals surface area contributed by atoms with Gasteiger partial charge in [0.2, 0.25) is 5.91 Å². The van der Waals surface area contributed by atoms with Crippen LogP contribution in [0.4, 0.5) is 5.69 Å². The van der Waals surface area contributed by atoms with Crippen molar-refractivity contribution < 1.29 is 14.7 Å². The summed E-state index contributed by atoms with van der Waals surface area (Å²) >= 11 is 11.8. The van der Waals surface area contributed by atoms with Gasteiger partial charge in [-0.15, -0.1) is 0 Å². The number of fused-ring (bicyclic) bond motifs is 1. The average Bonchev–Trinajstić information content (AvgIpc) is 2.98. The SMILES string of the molecule is O=C(O)c1cc(Cl)cc(Cl)c1NC(=O)C1CC2CC2C1. The van der Waals surface area contributed by atoms with Crippen LogP contribution in [0.15, 0.2) is 12.1 Å². The lowest BCUT2D eigenvalue weighted by atomic mass is 10.0. The second-order valence-corrected chi connectivity index (χ2v) is 6.37. The molecule has 2 atom stereocenters. The van der Waals surface area contributed by atoms with Gasteiger partial charge in [-0.25, -0.2) is 4.79 Å². The predicted molar refractivity (Wildman–Crippen MR) is 76.4 cm³/mol. The molecule has 0 aromatic heterocycles. The van der Waals surface area contributed by atoms with Crippen LogP contribution in [0.2, 0.25) is 10.0 Å². The standard InChI is InChI=1S/C14H13Cl2NO3/c15-9-4-10(14(19)20)12(11(16)5-9)17-13(18)8-2-6-1-7(6)3-8/h4-8H,1-3H2,(H,17,18)(H,19,20). The summed E-state index contributed by atoms with van der Waals surface area (Å²) in [5, 5.41) is 12.2. The van der Waals surface area contributed by atoms with Crippen molar-refractivity contribution in [3.05, 3.63) is 27.7 Å². The number of carboxylic acids is 1. The van der Waals surface area contributed by atoms with Crippen LogP contribution in [0.3, 0.4) is 0 Å². The first-order valence-corrected chi connectivity index (χ1v) is 7.24. The molecule has 1 aromatic rings. The Bertz CT molecular complexity index is 592. The van der Waals surface area contributed by atoms with Crippen LogP contribution in [0.5, 0.6) is 0 Å². The lowest BCUT2D eigenvalue weighted by molar-refractivity contribution is -0.120. The first kappa shape index (κ1) is 13.7. The predicted octanol–water partition coefficient (Wildman–Crippen LogP) is 3.68. The van der Waals surface area contributed by atoms with Gasteiger partial charge >= 0.3 is 5.97 Å². The molecule has 106 valence electrons. The Balaban J connectivity index is 1.82. The minimum absolute atomic E-state index is 0.0351. The van der Waals surface area contributed by atoms with Gasteiger partial charge in [-0.3, -0.25) is 4.79 Å². The van der Waals surface area contributed by atoms with Crippen molar-refractivity contribution in [1.29, 1.82) is 0 Å². The van der Waals surface area contributed by atoms with E-state index < -0.39 is 5.97 Å². The molecule has 2 unspecified atom stereocenters. The fourth-order valence-electron chi connectivity index (χ4n) is 3.02. The third-order valence-electron chi connectivity index (χ3n) is 4.15. The van der Waals surface area contributed by atoms with Gasteiger partial charge in [0.15, 0.2) is 0 Å². The van der Waals surface area contributed by atoms with Crippen molar-refractivity contribution in [3.63, 3.8) is 0 Å². The summed E-state index contributed by atoms with van der Waals surface area (Å²) in [6, 6.07) is 2.72. The van der Waals surface area contributed by atoms with E-state index in [4.69, 9.17) is 23.2 Å². The van der Waals surface area contributed by atoms with E-state index in [1.54, 1.807) is 0 Å². The molecule has 0 radical (unpaired) electrons. The van der Waals surface area contributed by atoms with E-state index in [1.165, 1.54) is 18.6 Å². The highest BCUT2D eigenvalue weighted by atomic mass is 35.5. The Morgan fingerprint density at radius 3 is 2.40 bits per heavy atom. The van der Waals surface area contributed by atoms with E-state index in [1.807, 2.05) is 0 Å². The molecule has 0 spiro atoms. The number of anilines is 1. The van der Waals surface area contributed by atoms with Crippen molar-refractivity contribution in [3.8, 4) is 0 Å². The number of hydrogen-bond donors (Lipinski definition) is 2. The molecule has 2 aliphatic carbocycles. The van der Waals surface area contributed by atoms with Crippen LogP contribution in [0, 0.1) is 17.8 Å². The number of carbonyl (C=O) groups excluding carboxylic acids is 1. The number of carbonyl (C=O) groups is 2. The van der Waals surface area contributed by atoms with Gasteiger partial charge < -0.3 is 10.4 Å². The average molecular weight is 314 g/mol. The quantitative estimate of drug-likeness (QED) is 0.894. The Hall–Kier alpha value is -1.26. The van der Waals surface area contributed by atoms with Crippen molar-refractivity contribution >= 4 is 40.8 Å². The summed E-state index contributed by atoms with van der Waals surface area (Å²) in [6.07, 6.45) is 3.01. The van der Waals surface area contributed by atoms with E-state index in [2.05, 4.69) is 5.32 Å². The van der Waals surface area contributed by atoms with Crippen LogP contribution in [0.1, 0.15) is 29.6 Å². The molecule has 0 saturated heterocycles. The summed E-state index contributed by atoms with van der Waals surface area (Å²) in [7, 11) is 0. The summed E-state index contributed by atoms with van der Waals surface area (Å²) in [4.78, 5) is 23.4. The second kappa shape index (κ2) is 4.93. The smallest absolute Gasteiger partial charge is 0.337 e. The monoisotopic (exact) mass is 313 g/mol. The fourth-order valence-corrected chi connectivity index (χ4v) is 3.56. The van der Waals surface area contributed by atoms with E-state index >= 15 is 0 Å². The number of nitrogens with one attached hydrogen (secondary N) is 1. The summed E-state index contributed by atoms with van der Waals surface area (Å²) < 4.78 is 0. The van der Waals surface area contributed by atoms with Crippen molar-refractivity contribution in [2.24, 2.45) is 17.8 Å². The van der Waals surface area contributed by atoms with Crippen LogP contribution in [0.25, 0.3) is 0 Å². The van der Waals surface area contributed by atoms with Crippen LogP contribution in [-0.4, -0.2) is 17.0 Å². The third-order valence-corrected chi connectivity index (χ3v) is 4.66. The maximum atomic E-state index is 12.2. The molecule has 1 aromatic carbocycles. The molecule has 0 aliphatic heterocycles. The van der Waals surface area contributed by atoms with Crippen LogP contribution < -0.4 is 5.32 Å². The maximum Gasteiger partial charge on any atom is 0.337 e. The molecule has 4 nitrogen and oxygen atoms in total. The van der Waals surface area contributed by atoms with Gasteiger partial charge in [0.25, 0.3) is 0 Å². The minimum Gasteiger partial charge on any atom is -0.478 e. The fraction of sp³-hybridized carbons (Fsp3) is 0.429. The third kappa shape index (κ3) is 2.50. The van der Waals surface area contributed by atoms with E-state index in [-0.39, 0.29) is 33.1 Å². The topological polar surface area (TPSA) is 66.4 Å². The molecule has 3 rings (SSSR count). The Kier molecular flexibility index (Phi) is 3.38. The van der Waals surface area contributed by atoms with E-state index in [0.29, 0.717) is 11.8 Å². The van der Waals surface area contributed by atoms with Gasteiger partial charge in [0.05, 0.1) is 16.3 Å². The largest absolute Gasteiger partial charge is 0.478 e. The molecule has 1 amide bonds. The number of amides is 1. The zero-order valence-corrected chi connectivity index (χ0v) is 12.0. The molecule has 2 saturated carbocycles. The van der Waals surface area contributed by atoms with Gasteiger partial charge in [0, 0.05) is 10.9 Å². The van der Waals surface area contributed by atoms with Gasteiger partial charge in [-0.1, -0.05) is 23.2 Å². The Morgan fingerprint density at radius 2 is 1.80 bits per heavy atom. The summed E-state index contributed by atoms with van der Waals surface area (Å²) in [5.74, 6) is 0.0193. The van der Waals surface area contributed by atoms with Crippen LogP contribution in [-0.2, 0) is 4.79 Å². The van der Waals surface area contributed by atoms with Gasteiger partial charge in [-0.2, -0.15) is 0 Å². The van der Waals surface area contributed by atoms with Gasteiger partial charge in [-0.05, 0) is 43.2 Å². The normalized spacial score (nSPS) is 27.0. The highest BCUT2D eigenvalue weighted by molar-refractivity contribution is 6.37. The highest BCUT2D eigenvalue weighted by Gasteiger charge is 2.48. The molecule has 0 bridgehead atoms. The molecule has 20 heavy (non-hydrogen) atoms. The minimum atomic E-state index is -1.17. The summed E-state index contributed by atoms with van der Waals surface area (Å²) in [5.41, 5.74) is 0.0492. The lowest BCUT2D eigenvalue weighted by Crippen LogP contribution is -2.23. The number of aromatic carboxylic acids is 1. The second-order valence-electron chi connectivity index (χ2n) is 5.53. The maximum absolute atomic E-state index is 12.2. The Morgan fingerprint density at radius 1 is 1.15 bits per heavy atom. The Labute approximate surface area is 126 Å². The zero-order chi connectivity index (χ0) is 14.4. The summed E-state index contributed by atoms with van der Waals surface area (Å²) in [6.45, 7) is 0. The van der Waals surface area contributed by atoms with Crippen molar-refractivity contribution in [2.45, 2.75) is 19.3 Å². The molecular weight excluding hydrogens is 301 g/mol. The molecular formula is C14H13Cl2NO3. The lowest BCUT2D eigenvalue weighted by Gasteiger charge is -2.15. The molecule has 2 aliphatic rings. The van der Waals surface area contributed by atoms with Crippen LogP contribution >= 0.6 is 23.2 Å². The molecule has 2 N–H and O–H groups in total. The van der Waals surface area contributed by atoms with Crippen molar-refractivity contribution in [2.75, 3.05) is 5.32 Å². The van der Waals surface area contributed by atoms with E-state index in [0.717, 1.165) is 12.8 Å².